The van der Waals surface area contributed by atoms with Crippen LogP contribution in [0.1, 0.15) is 43.0 Å². The summed E-state index contributed by atoms with van der Waals surface area (Å²) in [5.74, 6) is 0.00594. The summed E-state index contributed by atoms with van der Waals surface area (Å²) >= 11 is 0. The summed E-state index contributed by atoms with van der Waals surface area (Å²) in [6, 6.07) is 6.97. The summed E-state index contributed by atoms with van der Waals surface area (Å²) in [5.41, 5.74) is 1.37. The van der Waals surface area contributed by atoms with E-state index in [4.69, 9.17) is 4.74 Å². The minimum Gasteiger partial charge on any atom is -0.377 e. The number of ketones is 1. The number of nitrogens with zero attached hydrogens (tertiary/aromatic N) is 1. The molecule has 0 bridgehead atoms. The lowest BCUT2D eigenvalue weighted by Crippen LogP contribution is -2.35. The predicted octanol–water partition coefficient (Wildman–Crippen LogP) is 2.72. The Morgan fingerprint density at radius 1 is 1.26 bits per heavy atom. The van der Waals surface area contributed by atoms with Crippen LogP contribution in [0.5, 0.6) is 0 Å². The summed E-state index contributed by atoms with van der Waals surface area (Å²) < 4.78 is 5.71. The zero-order valence-electron chi connectivity index (χ0n) is 14.0. The van der Waals surface area contributed by atoms with Gasteiger partial charge in [0.1, 0.15) is 0 Å². The minimum absolute atomic E-state index is 0.0167. The average Bonchev–Trinajstić information content (AvgIpc) is 2.54. The second-order valence-corrected chi connectivity index (χ2v) is 6.18. The van der Waals surface area contributed by atoms with Crippen molar-refractivity contribution in [2.45, 2.75) is 38.7 Å². The fourth-order valence-electron chi connectivity index (χ4n) is 2.69. The molecule has 0 saturated carbocycles. The highest BCUT2D eigenvalue weighted by Crippen LogP contribution is 2.14. The number of carbonyl (C=O) groups excluding carboxylic acids is 2. The van der Waals surface area contributed by atoms with Gasteiger partial charge in [-0.1, -0.05) is 0 Å². The quantitative estimate of drug-likeness (QED) is 0.785. The van der Waals surface area contributed by atoms with Gasteiger partial charge in [-0.2, -0.15) is 0 Å². The first-order valence-corrected chi connectivity index (χ1v) is 8.25. The number of Topliss-reactive ketones (excluding diaryl/α,β-unsaturated/α-hetero) is 1. The van der Waals surface area contributed by atoms with Crippen LogP contribution in [0, 0.1) is 0 Å². The Kier molecular flexibility index (Phi) is 6.74. The van der Waals surface area contributed by atoms with Gasteiger partial charge in [-0.15, -0.1) is 0 Å². The van der Waals surface area contributed by atoms with E-state index in [9.17, 15) is 9.59 Å². The van der Waals surface area contributed by atoms with Gasteiger partial charge in [-0.3, -0.25) is 9.59 Å². The zero-order valence-corrected chi connectivity index (χ0v) is 14.0. The molecule has 5 heteroatoms. The molecule has 0 spiro atoms. The van der Waals surface area contributed by atoms with Crippen molar-refractivity contribution >= 4 is 17.4 Å². The van der Waals surface area contributed by atoms with Gasteiger partial charge in [-0.05, 0) is 57.5 Å². The second kappa shape index (κ2) is 8.79. The maximum Gasteiger partial charge on any atom is 0.225 e. The lowest BCUT2D eigenvalue weighted by molar-refractivity contribution is -0.116. The van der Waals surface area contributed by atoms with Gasteiger partial charge < -0.3 is 15.0 Å². The molecule has 0 aromatic heterocycles. The molecular weight excluding hydrogens is 292 g/mol. The number of amides is 1. The molecule has 1 aliphatic rings. The van der Waals surface area contributed by atoms with E-state index in [1.807, 2.05) is 7.05 Å². The zero-order chi connectivity index (χ0) is 16.7. The van der Waals surface area contributed by atoms with Gasteiger partial charge in [0.15, 0.2) is 5.78 Å². The Bertz CT molecular complexity index is 522. The van der Waals surface area contributed by atoms with Crippen LogP contribution in [-0.4, -0.2) is 49.4 Å². The van der Waals surface area contributed by atoms with E-state index < -0.39 is 0 Å². The Labute approximate surface area is 138 Å². The molecule has 0 radical (unpaired) electrons. The number of anilines is 1. The highest BCUT2D eigenvalue weighted by atomic mass is 16.5. The largest absolute Gasteiger partial charge is 0.377 e. The molecule has 1 aromatic rings. The molecule has 1 unspecified atom stereocenters. The Hall–Kier alpha value is -1.72. The van der Waals surface area contributed by atoms with E-state index in [1.54, 1.807) is 24.3 Å². The lowest BCUT2D eigenvalue weighted by Gasteiger charge is -2.27. The molecule has 1 heterocycles. The molecule has 2 rings (SSSR count). The van der Waals surface area contributed by atoms with Gasteiger partial charge in [0, 0.05) is 37.4 Å². The number of hydrogen-bond acceptors (Lipinski definition) is 4. The fourth-order valence-corrected chi connectivity index (χ4v) is 2.69. The molecule has 126 valence electrons. The van der Waals surface area contributed by atoms with Crippen LogP contribution in [0.3, 0.4) is 0 Å². The van der Waals surface area contributed by atoms with Crippen molar-refractivity contribution in [1.29, 1.82) is 0 Å². The monoisotopic (exact) mass is 318 g/mol. The first-order valence-electron chi connectivity index (χ1n) is 8.25. The first-order chi connectivity index (χ1) is 11.0. The van der Waals surface area contributed by atoms with E-state index in [1.165, 1.54) is 13.3 Å². The number of carbonyl (C=O) groups is 2. The van der Waals surface area contributed by atoms with Crippen LogP contribution >= 0.6 is 0 Å². The van der Waals surface area contributed by atoms with Crippen LogP contribution in [0.4, 0.5) is 5.69 Å². The number of nitrogens with one attached hydrogen (secondary N) is 1. The number of likely N-dealkylation sites (N-methyl/N-ethyl adjacent to an activating group) is 1. The maximum atomic E-state index is 12.0. The third-order valence-corrected chi connectivity index (χ3v) is 4.09. The smallest absolute Gasteiger partial charge is 0.225 e. The van der Waals surface area contributed by atoms with Crippen LogP contribution in [0.2, 0.25) is 0 Å². The Balaban J connectivity index is 1.70. The summed E-state index contributed by atoms with van der Waals surface area (Å²) in [5, 5.41) is 2.86. The van der Waals surface area contributed by atoms with Crippen LogP contribution in [-0.2, 0) is 9.53 Å². The molecule has 1 atom stereocenters. The van der Waals surface area contributed by atoms with Crippen molar-refractivity contribution in [3.8, 4) is 0 Å². The molecule has 1 amide bonds. The van der Waals surface area contributed by atoms with Gasteiger partial charge >= 0.3 is 0 Å². The van der Waals surface area contributed by atoms with Crippen molar-refractivity contribution in [2.24, 2.45) is 0 Å². The molecule has 23 heavy (non-hydrogen) atoms. The topological polar surface area (TPSA) is 58.6 Å². The highest BCUT2D eigenvalue weighted by molar-refractivity contribution is 5.95. The van der Waals surface area contributed by atoms with E-state index in [0.29, 0.717) is 24.6 Å². The second-order valence-electron chi connectivity index (χ2n) is 6.18. The van der Waals surface area contributed by atoms with Gasteiger partial charge in [0.25, 0.3) is 0 Å². The van der Waals surface area contributed by atoms with Crippen molar-refractivity contribution < 1.29 is 14.3 Å². The molecule has 1 N–H and O–H groups in total. The van der Waals surface area contributed by atoms with Gasteiger partial charge in [-0.25, -0.2) is 0 Å². The molecule has 1 aliphatic heterocycles. The number of benzene rings is 1. The maximum absolute atomic E-state index is 12.0. The summed E-state index contributed by atoms with van der Waals surface area (Å²) in [4.78, 5) is 25.4. The van der Waals surface area contributed by atoms with Crippen molar-refractivity contribution in [3.05, 3.63) is 29.8 Å². The Morgan fingerprint density at radius 3 is 2.61 bits per heavy atom. The van der Waals surface area contributed by atoms with E-state index >= 15 is 0 Å². The average molecular weight is 318 g/mol. The predicted molar refractivity (Wildman–Crippen MR) is 90.8 cm³/mol. The summed E-state index contributed by atoms with van der Waals surface area (Å²) in [6.45, 7) is 3.96. The number of hydrogen-bond donors (Lipinski definition) is 1. The number of ether oxygens (including phenoxy) is 1. The standard InChI is InChI=1S/C18H26N2O3/c1-14(21)15-6-8-16(9-7-15)19-18(22)10-11-20(2)13-17-5-3-4-12-23-17/h6-9,17H,3-5,10-13H2,1-2H3,(H,19,22). The molecule has 1 fully saturated rings. The first kappa shape index (κ1) is 17.6. The Morgan fingerprint density at radius 2 is 2.00 bits per heavy atom. The van der Waals surface area contributed by atoms with E-state index in [-0.39, 0.29) is 11.7 Å². The fraction of sp³-hybridized carbons (Fsp3) is 0.556. The van der Waals surface area contributed by atoms with Crippen molar-refractivity contribution in [3.63, 3.8) is 0 Å². The van der Waals surface area contributed by atoms with Gasteiger partial charge in [0.05, 0.1) is 6.10 Å². The van der Waals surface area contributed by atoms with E-state index in [0.717, 1.165) is 31.7 Å². The molecule has 1 aromatic carbocycles. The third-order valence-electron chi connectivity index (χ3n) is 4.09. The van der Waals surface area contributed by atoms with Crippen LogP contribution < -0.4 is 5.32 Å². The minimum atomic E-state index is -0.0167. The van der Waals surface area contributed by atoms with Crippen LogP contribution in [0.15, 0.2) is 24.3 Å². The van der Waals surface area contributed by atoms with E-state index in [2.05, 4.69) is 10.2 Å². The lowest BCUT2D eigenvalue weighted by atomic mass is 10.1. The van der Waals surface area contributed by atoms with Crippen LogP contribution in [0.25, 0.3) is 0 Å². The highest BCUT2D eigenvalue weighted by Gasteiger charge is 2.16. The van der Waals surface area contributed by atoms with Crippen molar-refractivity contribution in [2.75, 3.05) is 32.1 Å². The summed E-state index contributed by atoms with van der Waals surface area (Å²) in [7, 11) is 2.02. The molecule has 1 saturated heterocycles. The summed E-state index contributed by atoms with van der Waals surface area (Å²) in [6.07, 6.45) is 4.24. The number of rotatable bonds is 7. The van der Waals surface area contributed by atoms with Crippen molar-refractivity contribution in [1.82, 2.24) is 4.90 Å². The molecular formula is C18H26N2O3. The third kappa shape index (κ3) is 6.12. The molecule has 0 aliphatic carbocycles. The molecule has 5 nitrogen and oxygen atoms in total. The van der Waals surface area contributed by atoms with Gasteiger partial charge in [0.2, 0.25) is 5.91 Å². The normalized spacial score (nSPS) is 18.0. The SMILES string of the molecule is CC(=O)c1ccc(NC(=O)CCN(C)CC2CCCCO2)cc1.